The first kappa shape index (κ1) is 9.54. The zero-order valence-corrected chi connectivity index (χ0v) is 7.50. The van der Waals surface area contributed by atoms with Crippen LogP contribution in [0.2, 0.25) is 0 Å². The number of thiazole rings is 1. The highest BCUT2D eigenvalue weighted by Crippen LogP contribution is 2.31. The standard InChI is InChI=1S/C7H10F2N2S/c1-7(8,9)5-4-11-6(12-5)2-3-10/h4H,2-3,10H2,1H3. The molecule has 0 bridgehead atoms. The lowest BCUT2D eigenvalue weighted by atomic mass is 10.3. The second kappa shape index (κ2) is 3.45. The molecule has 0 radical (unpaired) electrons. The molecular weight excluding hydrogens is 182 g/mol. The maximum atomic E-state index is 12.6. The molecule has 0 saturated carbocycles. The average molecular weight is 192 g/mol. The van der Waals surface area contributed by atoms with Crippen LogP contribution in [0.3, 0.4) is 0 Å². The molecule has 0 amide bonds. The van der Waals surface area contributed by atoms with E-state index in [2.05, 4.69) is 4.98 Å². The van der Waals surface area contributed by atoms with Gasteiger partial charge in [0, 0.05) is 19.5 Å². The molecule has 1 rings (SSSR count). The highest BCUT2D eigenvalue weighted by molar-refractivity contribution is 7.11. The predicted octanol–water partition coefficient (Wildman–Crippen LogP) is 1.76. The summed E-state index contributed by atoms with van der Waals surface area (Å²) in [6.07, 6.45) is 1.79. The van der Waals surface area contributed by atoms with E-state index >= 15 is 0 Å². The Morgan fingerprint density at radius 3 is 2.75 bits per heavy atom. The Morgan fingerprint density at radius 2 is 2.33 bits per heavy atom. The second-order valence-electron chi connectivity index (χ2n) is 2.55. The molecule has 0 saturated heterocycles. The molecule has 2 N–H and O–H groups in total. The number of halogens is 2. The largest absolute Gasteiger partial charge is 0.330 e. The van der Waals surface area contributed by atoms with Gasteiger partial charge in [-0.05, 0) is 6.54 Å². The molecule has 0 fully saturated rings. The van der Waals surface area contributed by atoms with Crippen molar-refractivity contribution < 1.29 is 8.78 Å². The molecule has 12 heavy (non-hydrogen) atoms. The van der Waals surface area contributed by atoms with Gasteiger partial charge in [-0.15, -0.1) is 11.3 Å². The SMILES string of the molecule is CC(F)(F)c1cnc(CCN)s1. The van der Waals surface area contributed by atoms with E-state index in [0.717, 1.165) is 18.3 Å². The van der Waals surface area contributed by atoms with E-state index in [1.165, 1.54) is 6.20 Å². The van der Waals surface area contributed by atoms with Crippen molar-refractivity contribution in [2.24, 2.45) is 5.73 Å². The summed E-state index contributed by atoms with van der Waals surface area (Å²) in [4.78, 5) is 3.84. The number of nitrogens with two attached hydrogens (primary N) is 1. The fraction of sp³-hybridized carbons (Fsp3) is 0.571. The monoisotopic (exact) mass is 192 g/mol. The van der Waals surface area contributed by atoms with Crippen molar-refractivity contribution in [3.63, 3.8) is 0 Å². The molecule has 1 heterocycles. The third kappa shape index (κ3) is 2.22. The van der Waals surface area contributed by atoms with Gasteiger partial charge in [0.1, 0.15) is 0 Å². The van der Waals surface area contributed by atoms with Crippen LogP contribution in [0.4, 0.5) is 8.78 Å². The molecule has 0 aromatic carbocycles. The van der Waals surface area contributed by atoms with E-state index in [0.29, 0.717) is 18.0 Å². The van der Waals surface area contributed by atoms with Crippen molar-refractivity contribution in [2.75, 3.05) is 6.54 Å². The van der Waals surface area contributed by atoms with E-state index in [4.69, 9.17) is 5.73 Å². The lowest BCUT2D eigenvalue weighted by Crippen LogP contribution is -2.03. The Bertz CT molecular complexity index is 254. The number of hydrogen-bond donors (Lipinski definition) is 1. The van der Waals surface area contributed by atoms with Crippen molar-refractivity contribution in [1.82, 2.24) is 4.98 Å². The average Bonchev–Trinajstić information content (AvgIpc) is 2.35. The fourth-order valence-electron chi connectivity index (χ4n) is 0.752. The lowest BCUT2D eigenvalue weighted by Gasteiger charge is -2.04. The normalized spacial score (nSPS) is 12.0. The van der Waals surface area contributed by atoms with Gasteiger partial charge in [0.25, 0.3) is 5.92 Å². The molecule has 0 aliphatic heterocycles. The summed E-state index contributed by atoms with van der Waals surface area (Å²) in [5, 5.41) is 0.675. The van der Waals surface area contributed by atoms with Crippen LogP contribution in [0.15, 0.2) is 6.20 Å². The molecule has 68 valence electrons. The molecule has 0 unspecified atom stereocenters. The minimum Gasteiger partial charge on any atom is -0.330 e. The van der Waals surface area contributed by atoms with Crippen LogP contribution < -0.4 is 5.73 Å². The van der Waals surface area contributed by atoms with Gasteiger partial charge >= 0.3 is 0 Å². The minimum absolute atomic E-state index is 0.00551. The highest BCUT2D eigenvalue weighted by atomic mass is 32.1. The maximum Gasteiger partial charge on any atom is 0.281 e. The Labute approximate surface area is 73.4 Å². The summed E-state index contributed by atoms with van der Waals surface area (Å²) >= 11 is 1.02. The van der Waals surface area contributed by atoms with Crippen LogP contribution in [0.25, 0.3) is 0 Å². The van der Waals surface area contributed by atoms with E-state index in [1.54, 1.807) is 0 Å². The maximum absolute atomic E-state index is 12.6. The summed E-state index contributed by atoms with van der Waals surface area (Å²) in [7, 11) is 0. The first-order valence-corrected chi connectivity index (χ1v) is 4.38. The molecule has 0 aliphatic carbocycles. The Balaban J connectivity index is 2.77. The quantitative estimate of drug-likeness (QED) is 0.792. The first-order valence-electron chi connectivity index (χ1n) is 3.57. The van der Waals surface area contributed by atoms with Gasteiger partial charge in [-0.3, -0.25) is 0 Å². The molecule has 2 nitrogen and oxygen atoms in total. The molecule has 1 aromatic heterocycles. The van der Waals surface area contributed by atoms with Crippen molar-refractivity contribution >= 4 is 11.3 Å². The van der Waals surface area contributed by atoms with Gasteiger partial charge in [0.2, 0.25) is 0 Å². The van der Waals surface area contributed by atoms with E-state index in [-0.39, 0.29) is 4.88 Å². The smallest absolute Gasteiger partial charge is 0.281 e. The molecule has 0 aliphatic rings. The Morgan fingerprint density at radius 1 is 1.67 bits per heavy atom. The van der Waals surface area contributed by atoms with E-state index < -0.39 is 5.92 Å². The van der Waals surface area contributed by atoms with Crippen molar-refractivity contribution in [3.05, 3.63) is 16.1 Å². The van der Waals surface area contributed by atoms with E-state index in [9.17, 15) is 8.78 Å². The van der Waals surface area contributed by atoms with Gasteiger partial charge in [-0.2, -0.15) is 0 Å². The number of aromatic nitrogens is 1. The number of rotatable bonds is 3. The van der Waals surface area contributed by atoms with Crippen LogP contribution in [0.1, 0.15) is 16.8 Å². The Kier molecular flexibility index (Phi) is 2.74. The zero-order chi connectivity index (χ0) is 9.19. The molecule has 5 heteroatoms. The summed E-state index contributed by atoms with van der Waals surface area (Å²) in [5.74, 6) is -2.77. The molecule has 1 aromatic rings. The highest BCUT2D eigenvalue weighted by Gasteiger charge is 2.26. The van der Waals surface area contributed by atoms with Gasteiger partial charge < -0.3 is 5.73 Å². The van der Waals surface area contributed by atoms with Crippen molar-refractivity contribution in [1.29, 1.82) is 0 Å². The topological polar surface area (TPSA) is 38.9 Å². The van der Waals surface area contributed by atoms with Crippen molar-refractivity contribution in [3.8, 4) is 0 Å². The van der Waals surface area contributed by atoms with Crippen LogP contribution in [-0.4, -0.2) is 11.5 Å². The van der Waals surface area contributed by atoms with Gasteiger partial charge in [0.15, 0.2) is 0 Å². The van der Waals surface area contributed by atoms with Crippen LogP contribution >= 0.6 is 11.3 Å². The predicted molar refractivity (Wildman–Crippen MR) is 44.4 cm³/mol. The molecular formula is C7H10F2N2S. The summed E-state index contributed by atoms with van der Waals surface area (Å²) in [6.45, 7) is 1.31. The van der Waals surface area contributed by atoms with Crippen LogP contribution in [0, 0.1) is 0 Å². The molecule has 0 atom stereocenters. The van der Waals surface area contributed by atoms with E-state index in [1.807, 2.05) is 0 Å². The fourth-order valence-corrected chi connectivity index (χ4v) is 1.62. The number of hydrogen-bond acceptors (Lipinski definition) is 3. The van der Waals surface area contributed by atoms with Gasteiger partial charge in [-0.1, -0.05) is 0 Å². The lowest BCUT2D eigenvalue weighted by molar-refractivity contribution is 0.0213. The van der Waals surface area contributed by atoms with Gasteiger partial charge in [0.05, 0.1) is 9.88 Å². The zero-order valence-electron chi connectivity index (χ0n) is 6.68. The number of nitrogens with zero attached hydrogens (tertiary/aromatic N) is 1. The first-order chi connectivity index (χ1) is 5.54. The van der Waals surface area contributed by atoms with Crippen LogP contribution in [-0.2, 0) is 12.3 Å². The summed E-state index contributed by atoms with van der Waals surface area (Å²) in [6, 6.07) is 0. The van der Waals surface area contributed by atoms with Crippen molar-refractivity contribution in [2.45, 2.75) is 19.3 Å². The third-order valence-corrected chi connectivity index (χ3v) is 2.57. The summed E-state index contributed by atoms with van der Waals surface area (Å²) < 4.78 is 25.3. The molecule has 0 spiro atoms. The third-order valence-electron chi connectivity index (χ3n) is 1.34. The summed E-state index contributed by atoms with van der Waals surface area (Å²) in [5.41, 5.74) is 5.26. The van der Waals surface area contributed by atoms with Gasteiger partial charge in [-0.25, -0.2) is 13.8 Å². The van der Waals surface area contributed by atoms with Crippen LogP contribution in [0.5, 0.6) is 0 Å². The second-order valence-corrected chi connectivity index (χ2v) is 3.66. The number of alkyl halides is 2. The Hall–Kier alpha value is -0.550. The minimum atomic E-state index is -2.77.